The smallest absolute Gasteiger partial charge is 0.308 e. The fraction of sp³-hybridized carbons (Fsp3) is 0.739. The van der Waals surface area contributed by atoms with Crippen molar-refractivity contribution in [2.24, 2.45) is 23.7 Å². The first kappa shape index (κ1) is 28.3. The average Bonchev–Trinajstić information content (AvgIpc) is 2.67. The summed E-state index contributed by atoms with van der Waals surface area (Å²) in [5.74, 6) is -1.64. The Morgan fingerprint density at radius 3 is 2.55 bits per heavy atom. The van der Waals surface area contributed by atoms with Gasteiger partial charge in [-0.2, -0.15) is 0 Å². The van der Waals surface area contributed by atoms with Gasteiger partial charge >= 0.3 is 11.9 Å². The minimum atomic E-state index is -1.10. The number of hydrogen-bond donors (Lipinski definition) is 4. The molecule has 0 aromatic rings. The van der Waals surface area contributed by atoms with E-state index in [4.69, 9.17) is 9.84 Å². The third kappa shape index (κ3) is 7.98. The second-order valence-electron chi connectivity index (χ2n) is 8.85. The van der Waals surface area contributed by atoms with Gasteiger partial charge in [0.05, 0.1) is 30.7 Å². The Labute approximate surface area is 206 Å². The van der Waals surface area contributed by atoms with Crippen LogP contribution in [0.1, 0.15) is 59.3 Å². The standard InChI is InChI=1S/C23H36O7.Na/c1-4-13(2)23(29)30-20-7-5-6-15-10-19(26)14(3)18(22(15)20)9-8-16(24)11-17(25)12-21(27)28;/h5-6,10,13-14,16-20,22,24-26H,4,7-9,11-12H2,1-3H3,(H,27,28);/t13-,14+,16+,17+,18-,19+,20-,22-;/m0./s1. The van der Waals surface area contributed by atoms with Crippen molar-refractivity contribution in [2.75, 3.05) is 0 Å². The van der Waals surface area contributed by atoms with Gasteiger partial charge in [-0.15, -0.1) is 0 Å². The van der Waals surface area contributed by atoms with Gasteiger partial charge in [0.1, 0.15) is 6.10 Å². The molecule has 0 aromatic carbocycles. The van der Waals surface area contributed by atoms with Crippen LogP contribution in [0.25, 0.3) is 0 Å². The summed E-state index contributed by atoms with van der Waals surface area (Å²) in [6, 6.07) is 0. The molecule has 2 aliphatic carbocycles. The summed E-state index contributed by atoms with van der Waals surface area (Å²) in [6.07, 6.45) is 4.79. The second-order valence-corrected chi connectivity index (χ2v) is 8.85. The van der Waals surface area contributed by atoms with Gasteiger partial charge < -0.3 is 25.2 Å². The monoisotopic (exact) mass is 447 g/mol. The summed E-state index contributed by atoms with van der Waals surface area (Å²) in [7, 11) is 0. The number of aliphatic hydroxyl groups is 3. The van der Waals surface area contributed by atoms with Gasteiger partial charge in [0, 0.05) is 41.9 Å². The molecule has 7 nitrogen and oxygen atoms in total. The molecule has 0 aromatic heterocycles. The van der Waals surface area contributed by atoms with Crippen molar-refractivity contribution in [1.82, 2.24) is 0 Å². The zero-order valence-electron chi connectivity index (χ0n) is 19.1. The number of esters is 1. The zero-order valence-corrected chi connectivity index (χ0v) is 21.1. The van der Waals surface area contributed by atoms with E-state index in [1.807, 2.05) is 39.0 Å². The molecule has 0 heterocycles. The predicted octanol–water partition coefficient (Wildman–Crippen LogP) is 2.06. The summed E-state index contributed by atoms with van der Waals surface area (Å²) < 4.78 is 5.86. The van der Waals surface area contributed by atoms with E-state index < -0.39 is 30.7 Å². The Balaban J connectivity index is 0.00000480. The van der Waals surface area contributed by atoms with Gasteiger partial charge in [-0.3, -0.25) is 9.59 Å². The molecular weight excluding hydrogens is 411 g/mol. The SMILES string of the molecule is CC[C@H](C)C(=O)O[C@H]1CC=CC2=C[C@@H](O)[C@H](C)[C@H](CC[C@@H](O)C[C@@H](O)CC(=O)O)[C@H]21.[Na]. The summed E-state index contributed by atoms with van der Waals surface area (Å²) in [5.41, 5.74) is 0.958. The van der Waals surface area contributed by atoms with Crippen LogP contribution in [0.15, 0.2) is 23.8 Å². The first-order chi connectivity index (χ1) is 14.1. The Hall–Kier alpha value is -0.700. The number of aliphatic hydroxyl groups excluding tert-OH is 3. The molecule has 8 heteroatoms. The van der Waals surface area contributed by atoms with Crippen molar-refractivity contribution in [2.45, 2.75) is 83.7 Å². The van der Waals surface area contributed by atoms with E-state index >= 15 is 0 Å². The molecule has 4 N–H and O–H groups in total. The first-order valence-corrected chi connectivity index (χ1v) is 11.0. The molecule has 0 saturated heterocycles. The molecule has 2 aliphatic rings. The van der Waals surface area contributed by atoms with Crippen molar-refractivity contribution in [3.63, 3.8) is 0 Å². The second kappa shape index (κ2) is 13.1. The number of allylic oxidation sites excluding steroid dienone is 1. The molecule has 171 valence electrons. The third-order valence-corrected chi connectivity index (χ3v) is 6.57. The number of rotatable bonds is 10. The number of carboxylic acids is 1. The van der Waals surface area contributed by atoms with E-state index in [2.05, 4.69) is 0 Å². The maximum Gasteiger partial charge on any atom is 0.308 e. The molecule has 0 amide bonds. The molecule has 0 saturated carbocycles. The average molecular weight is 448 g/mol. The number of fused-ring (bicyclic) bond motifs is 1. The van der Waals surface area contributed by atoms with E-state index in [0.717, 1.165) is 5.57 Å². The van der Waals surface area contributed by atoms with E-state index in [9.17, 15) is 24.9 Å². The van der Waals surface area contributed by atoms with Gasteiger partial charge in [0.2, 0.25) is 0 Å². The van der Waals surface area contributed by atoms with Crippen LogP contribution < -0.4 is 0 Å². The van der Waals surface area contributed by atoms with Crippen molar-refractivity contribution in [3.05, 3.63) is 23.8 Å². The number of aliphatic carboxylic acids is 1. The van der Waals surface area contributed by atoms with Crippen LogP contribution in [-0.2, 0) is 14.3 Å². The fourth-order valence-electron chi connectivity index (χ4n) is 4.53. The normalized spacial score (nSPS) is 30.3. The molecule has 0 fully saturated rings. The Morgan fingerprint density at radius 2 is 1.94 bits per heavy atom. The molecule has 2 rings (SSSR count). The van der Waals surface area contributed by atoms with Crippen molar-refractivity contribution < 1.29 is 34.8 Å². The molecule has 0 spiro atoms. The Morgan fingerprint density at radius 1 is 1.26 bits per heavy atom. The van der Waals surface area contributed by atoms with E-state index in [-0.39, 0.29) is 71.7 Å². The van der Waals surface area contributed by atoms with E-state index in [0.29, 0.717) is 25.7 Å². The third-order valence-electron chi connectivity index (χ3n) is 6.57. The van der Waals surface area contributed by atoms with Gasteiger partial charge in [0.15, 0.2) is 0 Å². The van der Waals surface area contributed by atoms with Crippen LogP contribution >= 0.6 is 0 Å². The van der Waals surface area contributed by atoms with Crippen LogP contribution in [0.5, 0.6) is 0 Å². The van der Waals surface area contributed by atoms with Gasteiger partial charge in [-0.25, -0.2) is 0 Å². The molecular formula is C23H36NaO7. The molecule has 0 bridgehead atoms. The topological polar surface area (TPSA) is 124 Å². The van der Waals surface area contributed by atoms with Crippen LogP contribution in [0.4, 0.5) is 0 Å². The molecule has 0 unspecified atom stereocenters. The number of carboxylic acid groups (broad SMARTS) is 1. The van der Waals surface area contributed by atoms with Gasteiger partial charge in [0.25, 0.3) is 0 Å². The zero-order chi connectivity index (χ0) is 22.4. The molecule has 1 radical (unpaired) electrons. The summed E-state index contributed by atoms with van der Waals surface area (Å²) in [6.45, 7) is 5.75. The summed E-state index contributed by atoms with van der Waals surface area (Å²) >= 11 is 0. The number of ether oxygens (including phenoxy) is 1. The largest absolute Gasteiger partial charge is 0.481 e. The summed E-state index contributed by atoms with van der Waals surface area (Å²) in [4.78, 5) is 23.1. The molecule has 0 aliphatic heterocycles. The molecule has 31 heavy (non-hydrogen) atoms. The number of carbonyl (C=O) groups is 2. The van der Waals surface area contributed by atoms with E-state index in [1.54, 1.807) is 0 Å². The van der Waals surface area contributed by atoms with Crippen molar-refractivity contribution >= 4 is 41.5 Å². The maximum absolute atomic E-state index is 12.4. The molecule has 8 atom stereocenters. The first-order valence-electron chi connectivity index (χ1n) is 11.0. The van der Waals surface area contributed by atoms with Crippen LogP contribution in [0, 0.1) is 23.7 Å². The van der Waals surface area contributed by atoms with Crippen LogP contribution in [-0.4, -0.2) is 86.3 Å². The van der Waals surface area contributed by atoms with Crippen molar-refractivity contribution in [1.29, 1.82) is 0 Å². The fourth-order valence-corrected chi connectivity index (χ4v) is 4.53. The van der Waals surface area contributed by atoms with Crippen LogP contribution in [0.2, 0.25) is 0 Å². The quantitative estimate of drug-likeness (QED) is 0.298. The van der Waals surface area contributed by atoms with Crippen LogP contribution in [0.3, 0.4) is 0 Å². The Bertz CT molecular complexity index is 662. The Kier molecular flexibility index (Phi) is 12.0. The predicted molar refractivity (Wildman–Crippen MR) is 117 cm³/mol. The summed E-state index contributed by atoms with van der Waals surface area (Å²) in [5, 5.41) is 39.3. The van der Waals surface area contributed by atoms with Gasteiger partial charge in [-0.05, 0) is 43.1 Å². The number of carbonyl (C=O) groups excluding carboxylic acids is 1. The van der Waals surface area contributed by atoms with Gasteiger partial charge in [-0.1, -0.05) is 39.0 Å². The minimum absolute atomic E-state index is 0. The maximum atomic E-state index is 12.4. The number of hydrogen-bond acceptors (Lipinski definition) is 6. The minimum Gasteiger partial charge on any atom is -0.481 e. The van der Waals surface area contributed by atoms with E-state index in [1.165, 1.54) is 0 Å². The van der Waals surface area contributed by atoms with Crippen molar-refractivity contribution in [3.8, 4) is 0 Å².